The number of nitro groups is 1. The molecule has 3 aromatic rings. The summed E-state index contributed by atoms with van der Waals surface area (Å²) in [5.41, 5.74) is 0.522. The number of nitro benzene ring substituents is 1. The van der Waals surface area contributed by atoms with Crippen molar-refractivity contribution in [3.05, 3.63) is 81.2 Å². The van der Waals surface area contributed by atoms with Crippen LogP contribution in [0.3, 0.4) is 0 Å². The van der Waals surface area contributed by atoms with Gasteiger partial charge in [0.2, 0.25) is 0 Å². The Hall–Kier alpha value is -4.78. The lowest BCUT2D eigenvalue weighted by atomic mass is 10.1. The summed E-state index contributed by atoms with van der Waals surface area (Å²) in [4.78, 5) is 22.5. The highest BCUT2D eigenvalue weighted by Gasteiger charge is 2.17. The maximum atomic E-state index is 12.9. The van der Waals surface area contributed by atoms with Crippen molar-refractivity contribution in [2.75, 3.05) is 28.4 Å². The molecule has 13 heteroatoms. The molecule has 0 aromatic heterocycles. The van der Waals surface area contributed by atoms with Gasteiger partial charge in [0.1, 0.15) is 23.0 Å². The molecule has 0 spiro atoms. The van der Waals surface area contributed by atoms with Crippen molar-refractivity contribution in [2.45, 2.75) is 5.75 Å². The molecule has 3 rings (SSSR count). The standard InChI is InChI=1S/C26H25NO11S/c1-33-20-14-23(35-3)21(24(15-20)36-4)11-12-39(31,32)16-17-5-10-22(34-2)25(13-17)38-26(28)37-19-8-6-18(7-9-19)27(29)30/h5-15H,16H2,1-4H3/b12-11+. The molecule has 206 valence electrons. The first-order chi connectivity index (χ1) is 18.6. The fourth-order valence-electron chi connectivity index (χ4n) is 3.38. The third kappa shape index (κ3) is 7.61. The smallest absolute Gasteiger partial charge is 0.496 e. The fourth-order valence-corrected chi connectivity index (χ4v) is 4.47. The molecule has 39 heavy (non-hydrogen) atoms. The quantitative estimate of drug-likeness (QED) is 0.138. The van der Waals surface area contributed by atoms with Crippen LogP contribution in [0.4, 0.5) is 10.5 Å². The average molecular weight is 560 g/mol. The van der Waals surface area contributed by atoms with E-state index in [-0.39, 0.29) is 22.9 Å². The highest BCUT2D eigenvalue weighted by atomic mass is 32.2. The number of benzene rings is 3. The lowest BCUT2D eigenvalue weighted by Crippen LogP contribution is -2.14. The summed E-state index contributed by atoms with van der Waals surface area (Å²) >= 11 is 0. The molecule has 3 aromatic carbocycles. The van der Waals surface area contributed by atoms with E-state index in [4.69, 9.17) is 28.4 Å². The van der Waals surface area contributed by atoms with Crippen LogP contribution in [0, 0.1) is 10.1 Å². The van der Waals surface area contributed by atoms with E-state index >= 15 is 0 Å². The number of non-ortho nitro benzene ring substituents is 1. The zero-order valence-electron chi connectivity index (χ0n) is 21.4. The Balaban J connectivity index is 1.78. The van der Waals surface area contributed by atoms with E-state index in [9.17, 15) is 23.3 Å². The molecule has 0 radical (unpaired) electrons. The van der Waals surface area contributed by atoms with Gasteiger partial charge in [-0.05, 0) is 35.9 Å². The summed E-state index contributed by atoms with van der Waals surface area (Å²) in [5.74, 6) is 0.829. The molecular formula is C26H25NO11S. The van der Waals surface area contributed by atoms with Crippen LogP contribution in [0.15, 0.2) is 60.0 Å². The lowest BCUT2D eigenvalue weighted by Gasteiger charge is -2.13. The molecule has 0 N–H and O–H groups in total. The number of carbonyl (C=O) groups excluding carboxylic acids is 1. The molecule has 0 amide bonds. The highest BCUT2D eigenvalue weighted by molar-refractivity contribution is 7.93. The van der Waals surface area contributed by atoms with E-state index in [1.165, 1.54) is 77.0 Å². The third-order valence-electron chi connectivity index (χ3n) is 5.23. The Labute approximate surface area is 224 Å². The zero-order chi connectivity index (χ0) is 28.6. The number of sulfone groups is 1. The summed E-state index contributed by atoms with van der Waals surface area (Å²) in [6.45, 7) is 0. The maximum absolute atomic E-state index is 12.9. The van der Waals surface area contributed by atoms with Crippen LogP contribution in [0.2, 0.25) is 0 Å². The molecule has 0 unspecified atom stereocenters. The van der Waals surface area contributed by atoms with Gasteiger partial charge in [-0.3, -0.25) is 10.1 Å². The molecule has 0 bridgehead atoms. The van der Waals surface area contributed by atoms with Crippen molar-refractivity contribution in [1.82, 2.24) is 0 Å². The van der Waals surface area contributed by atoms with Gasteiger partial charge in [-0.15, -0.1) is 0 Å². The predicted molar refractivity (Wildman–Crippen MR) is 140 cm³/mol. The van der Waals surface area contributed by atoms with Crippen molar-refractivity contribution < 1.29 is 46.6 Å². The van der Waals surface area contributed by atoms with E-state index in [1.54, 1.807) is 12.1 Å². The van der Waals surface area contributed by atoms with E-state index in [1.807, 2.05) is 0 Å². The lowest BCUT2D eigenvalue weighted by molar-refractivity contribution is -0.384. The van der Waals surface area contributed by atoms with Gasteiger partial charge in [-0.25, -0.2) is 13.2 Å². The highest BCUT2D eigenvalue weighted by Crippen LogP contribution is 2.35. The van der Waals surface area contributed by atoms with Crippen LogP contribution in [0.5, 0.6) is 34.5 Å². The number of nitrogens with zero attached hydrogens (tertiary/aromatic N) is 1. The number of hydrogen-bond acceptors (Lipinski definition) is 11. The van der Waals surface area contributed by atoms with Crippen LogP contribution in [0.25, 0.3) is 6.08 Å². The SMILES string of the molecule is COc1cc(OC)c(/C=C/S(=O)(=O)Cc2ccc(OC)c(OC(=O)Oc3ccc([N+](=O)[O-])cc3)c2)c(OC)c1. The molecule has 0 saturated carbocycles. The van der Waals surface area contributed by atoms with Crippen molar-refractivity contribution in [2.24, 2.45) is 0 Å². The summed E-state index contributed by atoms with van der Waals surface area (Å²) in [5, 5.41) is 11.8. The number of ether oxygens (including phenoxy) is 6. The summed E-state index contributed by atoms with van der Waals surface area (Å²) < 4.78 is 57.1. The Morgan fingerprint density at radius 3 is 1.95 bits per heavy atom. The van der Waals surface area contributed by atoms with Gasteiger partial charge in [0.25, 0.3) is 5.69 Å². The number of rotatable bonds is 11. The summed E-state index contributed by atoms with van der Waals surface area (Å²) in [6.07, 6.45) is 0.204. The first-order valence-electron chi connectivity index (χ1n) is 11.1. The van der Waals surface area contributed by atoms with Crippen LogP contribution < -0.4 is 28.4 Å². The Morgan fingerprint density at radius 1 is 0.795 bits per heavy atom. The number of carbonyl (C=O) groups is 1. The predicted octanol–water partition coefficient (Wildman–Crippen LogP) is 4.79. The number of hydrogen-bond donors (Lipinski definition) is 0. The first-order valence-corrected chi connectivity index (χ1v) is 12.8. The molecule has 0 saturated heterocycles. The third-order valence-corrected chi connectivity index (χ3v) is 6.52. The molecule has 0 atom stereocenters. The summed E-state index contributed by atoms with van der Waals surface area (Å²) in [6, 6.07) is 12.3. The van der Waals surface area contributed by atoms with Crippen molar-refractivity contribution in [3.63, 3.8) is 0 Å². The van der Waals surface area contributed by atoms with Gasteiger partial charge in [0.05, 0.1) is 44.7 Å². The molecule has 0 aliphatic heterocycles. The Bertz CT molecular complexity index is 1460. The van der Waals surface area contributed by atoms with Crippen LogP contribution in [-0.2, 0) is 15.6 Å². The minimum absolute atomic E-state index is 0.0119. The maximum Gasteiger partial charge on any atom is 0.519 e. The van der Waals surface area contributed by atoms with Gasteiger partial charge in [-0.2, -0.15) is 0 Å². The van der Waals surface area contributed by atoms with Gasteiger partial charge in [0, 0.05) is 29.7 Å². The van der Waals surface area contributed by atoms with Crippen LogP contribution >= 0.6 is 0 Å². The minimum atomic E-state index is -3.81. The molecule has 0 aliphatic carbocycles. The largest absolute Gasteiger partial charge is 0.519 e. The normalized spacial score (nSPS) is 11.1. The second-order valence-electron chi connectivity index (χ2n) is 7.75. The van der Waals surface area contributed by atoms with Gasteiger partial charge >= 0.3 is 6.16 Å². The van der Waals surface area contributed by atoms with Crippen LogP contribution in [-0.4, -0.2) is 47.9 Å². The van der Waals surface area contributed by atoms with E-state index in [0.29, 0.717) is 28.4 Å². The fraction of sp³-hybridized carbons (Fsp3) is 0.192. The topological polar surface area (TPSA) is 150 Å². The second kappa shape index (κ2) is 12.6. The molecule has 0 heterocycles. The van der Waals surface area contributed by atoms with Crippen LogP contribution in [0.1, 0.15) is 11.1 Å². The van der Waals surface area contributed by atoms with Gasteiger partial charge in [0.15, 0.2) is 21.3 Å². The number of methoxy groups -OCH3 is 4. The molecule has 12 nitrogen and oxygen atoms in total. The Morgan fingerprint density at radius 2 is 1.41 bits per heavy atom. The van der Waals surface area contributed by atoms with E-state index < -0.39 is 26.7 Å². The Kier molecular flexibility index (Phi) is 9.33. The van der Waals surface area contributed by atoms with E-state index in [2.05, 4.69) is 0 Å². The van der Waals surface area contributed by atoms with Gasteiger partial charge < -0.3 is 28.4 Å². The molecular weight excluding hydrogens is 534 g/mol. The summed E-state index contributed by atoms with van der Waals surface area (Å²) in [7, 11) is 1.89. The first kappa shape index (κ1) is 28.8. The molecule has 0 fully saturated rings. The van der Waals surface area contributed by atoms with Crippen molar-refractivity contribution in [1.29, 1.82) is 0 Å². The average Bonchev–Trinajstić information content (AvgIpc) is 2.91. The monoisotopic (exact) mass is 559 g/mol. The van der Waals surface area contributed by atoms with Crippen molar-refractivity contribution in [3.8, 4) is 34.5 Å². The van der Waals surface area contributed by atoms with Crippen molar-refractivity contribution >= 4 is 27.8 Å². The van der Waals surface area contributed by atoms with E-state index in [0.717, 1.165) is 5.41 Å². The minimum Gasteiger partial charge on any atom is -0.496 e. The zero-order valence-corrected chi connectivity index (χ0v) is 22.2. The molecule has 0 aliphatic rings. The second-order valence-corrected chi connectivity index (χ2v) is 9.63. The van der Waals surface area contributed by atoms with Gasteiger partial charge in [-0.1, -0.05) is 6.07 Å².